The summed E-state index contributed by atoms with van der Waals surface area (Å²) in [5, 5.41) is 3.20. The molecule has 8 heteroatoms. The standard InChI is InChI=1S/C20H25N3O3S.ClH/c1-21-16-9-8-14-23(15-16)20(24)18-12-6-7-13-19(18)27(25,26)22(2)17-10-4-3-5-11-17;/h3-7,10-13,16,21H,8-9,14-15H2,1-2H3;1H. The van der Waals surface area contributed by atoms with Crippen LogP contribution in [0.15, 0.2) is 59.5 Å². The molecule has 2 aromatic rings. The molecule has 1 atom stereocenters. The summed E-state index contributed by atoms with van der Waals surface area (Å²) < 4.78 is 27.6. The molecular weight excluding hydrogens is 398 g/mol. The minimum absolute atomic E-state index is 0. The van der Waals surface area contributed by atoms with Crippen molar-refractivity contribution in [1.29, 1.82) is 0 Å². The number of sulfonamides is 1. The molecule has 1 saturated heterocycles. The van der Waals surface area contributed by atoms with Crippen LogP contribution in [0.25, 0.3) is 0 Å². The summed E-state index contributed by atoms with van der Waals surface area (Å²) in [5.74, 6) is -0.240. The number of rotatable bonds is 5. The van der Waals surface area contributed by atoms with E-state index in [2.05, 4.69) is 5.32 Å². The molecule has 1 fully saturated rings. The lowest BCUT2D eigenvalue weighted by Crippen LogP contribution is -2.47. The Morgan fingerprint density at radius 1 is 1.11 bits per heavy atom. The molecule has 0 aromatic heterocycles. The first-order valence-corrected chi connectivity index (χ1v) is 10.5. The third-order valence-corrected chi connectivity index (χ3v) is 6.84. The van der Waals surface area contributed by atoms with Gasteiger partial charge >= 0.3 is 0 Å². The normalized spacial score (nSPS) is 16.9. The Morgan fingerprint density at radius 3 is 2.43 bits per heavy atom. The van der Waals surface area contributed by atoms with Crippen molar-refractivity contribution in [1.82, 2.24) is 10.2 Å². The molecule has 152 valence electrons. The van der Waals surface area contributed by atoms with Crippen LogP contribution in [0.2, 0.25) is 0 Å². The van der Waals surface area contributed by atoms with Crippen LogP contribution in [0.1, 0.15) is 23.2 Å². The Kier molecular flexibility index (Phi) is 7.46. The summed E-state index contributed by atoms with van der Waals surface area (Å²) in [6, 6.07) is 15.5. The lowest BCUT2D eigenvalue weighted by molar-refractivity contribution is 0.0694. The Morgan fingerprint density at radius 2 is 1.75 bits per heavy atom. The van der Waals surface area contributed by atoms with Gasteiger partial charge in [0.1, 0.15) is 4.90 Å². The van der Waals surface area contributed by atoms with Crippen LogP contribution >= 0.6 is 12.4 Å². The number of hydrogen-bond acceptors (Lipinski definition) is 4. The number of carbonyl (C=O) groups excluding carboxylic acids is 1. The van der Waals surface area contributed by atoms with Crippen LogP contribution in [0, 0.1) is 0 Å². The van der Waals surface area contributed by atoms with E-state index >= 15 is 0 Å². The topological polar surface area (TPSA) is 69.7 Å². The van der Waals surface area contributed by atoms with E-state index in [1.54, 1.807) is 47.4 Å². The van der Waals surface area contributed by atoms with E-state index in [1.165, 1.54) is 17.4 Å². The van der Waals surface area contributed by atoms with E-state index in [-0.39, 0.29) is 34.8 Å². The molecule has 0 radical (unpaired) electrons. The Labute approximate surface area is 173 Å². The Balaban J connectivity index is 0.00000280. The number of amides is 1. The van der Waals surface area contributed by atoms with Crippen molar-refractivity contribution in [2.75, 3.05) is 31.5 Å². The monoisotopic (exact) mass is 423 g/mol. The molecule has 0 saturated carbocycles. The van der Waals surface area contributed by atoms with Gasteiger partial charge in [0.05, 0.1) is 11.3 Å². The fraction of sp³-hybridized carbons (Fsp3) is 0.350. The van der Waals surface area contributed by atoms with Gasteiger partial charge in [-0.15, -0.1) is 12.4 Å². The average molecular weight is 424 g/mol. The molecule has 1 heterocycles. The van der Waals surface area contributed by atoms with E-state index in [0.717, 1.165) is 12.8 Å². The van der Waals surface area contributed by atoms with Crippen LogP contribution in [0.4, 0.5) is 5.69 Å². The highest BCUT2D eigenvalue weighted by Gasteiger charge is 2.30. The molecule has 1 aliphatic rings. The number of para-hydroxylation sites is 1. The summed E-state index contributed by atoms with van der Waals surface area (Å²) in [6.07, 6.45) is 1.91. The molecule has 0 aliphatic carbocycles. The number of piperidine rings is 1. The summed E-state index contributed by atoms with van der Waals surface area (Å²) in [4.78, 5) is 14.9. The third-order valence-electron chi connectivity index (χ3n) is 4.99. The smallest absolute Gasteiger partial charge is 0.264 e. The highest BCUT2D eigenvalue weighted by atomic mass is 35.5. The molecule has 0 spiro atoms. The van der Waals surface area contributed by atoms with Crippen molar-refractivity contribution in [2.45, 2.75) is 23.8 Å². The van der Waals surface area contributed by atoms with Gasteiger partial charge in [0.25, 0.3) is 15.9 Å². The van der Waals surface area contributed by atoms with E-state index in [4.69, 9.17) is 0 Å². The van der Waals surface area contributed by atoms with Gasteiger partial charge in [-0.05, 0) is 44.2 Å². The second-order valence-electron chi connectivity index (χ2n) is 6.68. The van der Waals surface area contributed by atoms with Crippen molar-refractivity contribution in [3.8, 4) is 0 Å². The number of halogens is 1. The van der Waals surface area contributed by atoms with Crippen molar-refractivity contribution in [3.63, 3.8) is 0 Å². The number of carbonyl (C=O) groups is 1. The average Bonchev–Trinajstić information content (AvgIpc) is 2.73. The lowest BCUT2D eigenvalue weighted by Gasteiger charge is -2.33. The summed E-state index contributed by atoms with van der Waals surface area (Å²) in [6.45, 7) is 1.22. The van der Waals surface area contributed by atoms with Gasteiger partial charge in [0.15, 0.2) is 0 Å². The first-order valence-electron chi connectivity index (χ1n) is 9.04. The second kappa shape index (κ2) is 9.41. The van der Waals surface area contributed by atoms with E-state index in [0.29, 0.717) is 18.8 Å². The number of likely N-dealkylation sites (tertiary alicyclic amines) is 1. The van der Waals surface area contributed by atoms with Crippen LogP contribution in [0.3, 0.4) is 0 Å². The van der Waals surface area contributed by atoms with Crippen LogP contribution in [0.5, 0.6) is 0 Å². The zero-order valence-corrected chi connectivity index (χ0v) is 17.7. The summed E-state index contributed by atoms with van der Waals surface area (Å²) >= 11 is 0. The molecule has 3 rings (SSSR count). The van der Waals surface area contributed by atoms with E-state index < -0.39 is 10.0 Å². The predicted molar refractivity (Wildman–Crippen MR) is 114 cm³/mol. The van der Waals surface area contributed by atoms with Gasteiger partial charge in [-0.25, -0.2) is 8.42 Å². The SMILES string of the molecule is CNC1CCCN(C(=O)c2ccccc2S(=O)(=O)N(C)c2ccccc2)C1.Cl. The van der Waals surface area contributed by atoms with Gasteiger partial charge in [-0.2, -0.15) is 0 Å². The molecule has 1 N–H and O–H groups in total. The summed E-state index contributed by atoms with van der Waals surface area (Å²) in [7, 11) is -0.471. The van der Waals surface area contributed by atoms with Gasteiger partial charge in [0, 0.05) is 26.2 Å². The predicted octanol–water partition coefficient (Wildman–Crippen LogP) is 2.76. The maximum atomic E-state index is 13.2. The quantitative estimate of drug-likeness (QED) is 0.802. The fourth-order valence-corrected chi connectivity index (χ4v) is 4.74. The van der Waals surface area contributed by atoms with Gasteiger partial charge in [-0.1, -0.05) is 30.3 Å². The number of likely N-dealkylation sites (N-methyl/N-ethyl adjacent to an activating group) is 1. The Bertz CT molecular complexity index is 906. The molecule has 1 unspecified atom stereocenters. The maximum Gasteiger partial charge on any atom is 0.264 e. The molecule has 28 heavy (non-hydrogen) atoms. The number of nitrogens with zero attached hydrogens (tertiary/aromatic N) is 2. The number of anilines is 1. The van der Waals surface area contributed by atoms with Crippen LogP contribution in [-0.2, 0) is 10.0 Å². The van der Waals surface area contributed by atoms with Crippen molar-refractivity contribution in [3.05, 3.63) is 60.2 Å². The van der Waals surface area contributed by atoms with E-state index in [9.17, 15) is 13.2 Å². The number of nitrogens with one attached hydrogen (secondary N) is 1. The molecule has 1 amide bonds. The third kappa shape index (κ3) is 4.48. The van der Waals surface area contributed by atoms with Gasteiger partial charge in [-0.3, -0.25) is 9.10 Å². The van der Waals surface area contributed by atoms with Gasteiger partial charge in [0.2, 0.25) is 0 Å². The van der Waals surface area contributed by atoms with Crippen molar-refractivity contribution in [2.24, 2.45) is 0 Å². The van der Waals surface area contributed by atoms with Crippen LogP contribution < -0.4 is 9.62 Å². The van der Waals surface area contributed by atoms with E-state index in [1.807, 2.05) is 13.1 Å². The fourth-order valence-electron chi connectivity index (χ4n) is 3.36. The lowest BCUT2D eigenvalue weighted by atomic mass is 10.0. The zero-order valence-electron chi connectivity index (χ0n) is 16.0. The zero-order chi connectivity index (χ0) is 19.4. The highest BCUT2D eigenvalue weighted by molar-refractivity contribution is 7.92. The highest BCUT2D eigenvalue weighted by Crippen LogP contribution is 2.26. The molecular formula is C20H26ClN3O3S. The van der Waals surface area contributed by atoms with Crippen molar-refractivity contribution >= 4 is 34.0 Å². The van der Waals surface area contributed by atoms with Crippen LogP contribution in [-0.4, -0.2) is 52.5 Å². The first-order chi connectivity index (χ1) is 12.9. The number of benzene rings is 2. The second-order valence-corrected chi connectivity index (χ2v) is 8.62. The van der Waals surface area contributed by atoms with Crippen molar-refractivity contribution < 1.29 is 13.2 Å². The molecule has 0 bridgehead atoms. The largest absolute Gasteiger partial charge is 0.337 e. The number of hydrogen-bond donors (Lipinski definition) is 1. The summed E-state index contributed by atoms with van der Waals surface area (Å²) in [5.41, 5.74) is 0.769. The maximum absolute atomic E-state index is 13.2. The molecule has 6 nitrogen and oxygen atoms in total. The van der Waals surface area contributed by atoms with Gasteiger partial charge < -0.3 is 10.2 Å². The molecule has 2 aromatic carbocycles. The molecule has 1 aliphatic heterocycles. The Hall–Kier alpha value is -2.09. The first kappa shape index (κ1) is 22.2. The minimum Gasteiger partial charge on any atom is -0.337 e. The minimum atomic E-state index is -3.86.